The molecular formula is C14H15NO4S2. The van der Waals surface area contributed by atoms with Gasteiger partial charge in [0.25, 0.3) is 0 Å². The van der Waals surface area contributed by atoms with Gasteiger partial charge < -0.3 is 5.11 Å². The summed E-state index contributed by atoms with van der Waals surface area (Å²) in [5.74, 6) is -0.977. The highest BCUT2D eigenvalue weighted by atomic mass is 32.2. The number of hydrogen-bond acceptors (Lipinski definition) is 4. The summed E-state index contributed by atoms with van der Waals surface area (Å²) in [5, 5.41) is 8.80. The van der Waals surface area contributed by atoms with Crippen LogP contribution >= 0.6 is 11.3 Å². The Morgan fingerprint density at radius 1 is 1.19 bits per heavy atom. The molecule has 112 valence electrons. The van der Waals surface area contributed by atoms with E-state index in [2.05, 4.69) is 4.72 Å². The molecule has 0 aliphatic heterocycles. The minimum absolute atomic E-state index is 0.216. The summed E-state index contributed by atoms with van der Waals surface area (Å²) in [4.78, 5) is 11.7. The van der Waals surface area contributed by atoms with Gasteiger partial charge in [-0.15, -0.1) is 11.3 Å². The Labute approximate surface area is 127 Å². The van der Waals surface area contributed by atoms with Crippen molar-refractivity contribution in [3.63, 3.8) is 0 Å². The molecule has 0 unspecified atom stereocenters. The zero-order valence-corrected chi connectivity index (χ0v) is 13.0. The molecule has 5 nitrogen and oxygen atoms in total. The van der Waals surface area contributed by atoms with E-state index >= 15 is 0 Å². The molecular weight excluding hydrogens is 310 g/mol. The normalized spacial score (nSPS) is 11.5. The molecule has 0 bridgehead atoms. The van der Waals surface area contributed by atoms with Crippen LogP contribution in [0.3, 0.4) is 0 Å². The zero-order valence-electron chi connectivity index (χ0n) is 11.4. The van der Waals surface area contributed by atoms with E-state index in [0.717, 1.165) is 10.4 Å². The number of benzene rings is 1. The van der Waals surface area contributed by atoms with Crippen molar-refractivity contribution in [1.82, 2.24) is 4.72 Å². The molecule has 0 aliphatic carbocycles. The molecule has 0 atom stereocenters. The largest absolute Gasteiger partial charge is 0.478 e. The Balaban J connectivity index is 1.93. The molecule has 2 aromatic rings. The molecule has 2 rings (SSSR count). The highest BCUT2D eigenvalue weighted by Gasteiger charge is 2.15. The Morgan fingerprint density at radius 3 is 2.38 bits per heavy atom. The third-order valence-electron chi connectivity index (χ3n) is 2.89. The summed E-state index contributed by atoms with van der Waals surface area (Å²) in [5.41, 5.74) is 1.10. The Bertz CT molecular complexity index is 733. The molecule has 1 heterocycles. The molecule has 0 saturated carbocycles. The van der Waals surface area contributed by atoms with Gasteiger partial charge in [-0.25, -0.2) is 17.9 Å². The number of carboxylic acid groups (broad SMARTS) is 1. The van der Waals surface area contributed by atoms with Gasteiger partial charge in [0.1, 0.15) is 4.21 Å². The second kappa shape index (κ2) is 6.38. The summed E-state index contributed by atoms with van der Waals surface area (Å²) >= 11 is 1.23. The summed E-state index contributed by atoms with van der Waals surface area (Å²) < 4.78 is 26.8. The van der Waals surface area contributed by atoms with Gasteiger partial charge >= 0.3 is 5.97 Å². The van der Waals surface area contributed by atoms with E-state index < -0.39 is 16.0 Å². The fraction of sp³-hybridized carbons (Fsp3) is 0.214. The van der Waals surface area contributed by atoms with Crippen LogP contribution in [-0.4, -0.2) is 26.0 Å². The van der Waals surface area contributed by atoms with Gasteiger partial charge in [-0.1, -0.05) is 12.1 Å². The molecule has 0 amide bonds. The number of rotatable bonds is 6. The molecule has 1 aromatic heterocycles. The zero-order chi connectivity index (χ0) is 15.5. The molecule has 0 spiro atoms. The lowest BCUT2D eigenvalue weighted by atomic mass is 10.1. The van der Waals surface area contributed by atoms with Crippen molar-refractivity contribution in [1.29, 1.82) is 0 Å². The topological polar surface area (TPSA) is 83.5 Å². The van der Waals surface area contributed by atoms with Gasteiger partial charge in [0.2, 0.25) is 10.0 Å². The van der Waals surface area contributed by atoms with E-state index in [1.807, 2.05) is 6.92 Å². The maximum Gasteiger partial charge on any atom is 0.335 e. The lowest BCUT2D eigenvalue weighted by Crippen LogP contribution is -2.25. The Morgan fingerprint density at radius 2 is 1.86 bits per heavy atom. The Kier molecular flexibility index (Phi) is 4.76. The van der Waals surface area contributed by atoms with Crippen LogP contribution in [-0.2, 0) is 16.4 Å². The maximum absolute atomic E-state index is 12.0. The van der Waals surface area contributed by atoms with E-state index in [1.54, 1.807) is 24.3 Å². The number of carbonyl (C=O) groups is 1. The summed E-state index contributed by atoms with van der Waals surface area (Å²) in [6.07, 6.45) is 0.503. The predicted molar refractivity (Wildman–Crippen MR) is 81.3 cm³/mol. The van der Waals surface area contributed by atoms with Gasteiger partial charge in [0.15, 0.2) is 0 Å². The number of nitrogens with one attached hydrogen (secondary N) is 1. The Hall–Kier alpha value is -1.70. The van der Waals surface area contributed by atoms with Crippen LogP contribution in [0.4, 0.5) is 0 Å². The first-order chi connectivity index (χ1) is 9.88. The van der Waals surface area contributed by atoms with Crippen molar-refractivity contribution in [2.75, 3.05) is 6.54 Å². The highest BCUT2D eigenvalue weighted by Crippen LogP contribution is 2.20. The van der Waals surface area contributed by atoms with E-state index in [0.29, 0.717) is 10.6 Å². The van der Waals surface area contributed by atoms with Gasteiger partial charge in [-0.2, -0.15) is 0 Å². The fourth-order valence-corrected chi connectivity index (χ4v) is 4.13. The first-order valence-electron chi connectivity index (χ1n) is 6.27. The summed E-state index contributed by atoms with van der Waals surface area (Å²) in [6.45, 7) is 2.12. The third-order valence-corrected chi connectivity index (χ3v) is 5.84. The van der Waals surface area contributed by atoms with Crippen LogP contribution in [0.1, 0.15) is 20.8 Å². The van der Waals surface area contributed by atoms with E-state index in [4.69, 9.17) is 5.11 Å². The maximum atomic E-state index is 12.0. The molecule has 0 fully saturated rings. The number of thiophene rings is 1. The second-order valence-electron chi connectivity index (χ2n) is 4.51. The smallest absolute Gasteiger partial charge is 0.335 e. The van der Waals surface area contributed by atoms with Crippen molar-refractivity contribution in [3.8, 4) is 0 Å². The van der Waals surface area contributed by atoms with Crippen LogP contribution in [0, 0.1) is 6.92 Å². The molecule has 0 aliphatic rings. The second-order valence-corrected chi connectivity index (χ2v) is 7.80. The molecule has 7 heteroatoms. The highest BCUT2D eigenvalue weighted by molar-refractivity contribution is 7.91. The predicted octanol–water partition coefficient (Wildman–Crippen LogP) is 2.28. The van der Waals surface area contributed by atoms with Crippen LogP contribution in [0.25, 0.3) is 0 Å². The molecule has 0 radical (unpaired) electrons. The monoisotopic (exact) mass is 325 g/mol. The number of aromatic carboxylic acids is 1. The van der Waals surface area contributed by atoms with E-state index in [9.17, 15) is 13.2 Å². The van der Waals surface area contributed by atoms with Crippen molar-refractivity contribution >= 4 is 27.3 Å². The minimum Gasteiger partial charge on any atom is -0.478 e. The molecule has 1 aromatic carbocycles. The number of sulfonamides is 1. The standard InChI is InChI=1S/C14H15NO4S2/c1-10-2-7-13(20-10)21(18,19)15-9-8-11-3-5-12(6-4-11)14(16)17/h2-7,15H,8-9H2,1H3,(H,16,17). The first kappa shape index (κ1) is 15.7. The van der Waals surface area contributed by atoms with Crippen molar-refractivity contribution in [3.05, 3.63) is 52.4 Å². The van der Waals surface area contributed by atoms with Crippen molar-refractivity contribution in [2.45, 2.75) is 17.6 Å². The minimum atomic E-state index is -3.46. The number of aryl methyl sites for hydroxylation is 1. The average Bonchev–Trinajstić information content (AvgIpc) is 2.87. The lowest BCUT2D eigenvalue weighted by Gasteiger charge is -2.05. The van der Waals surface area contributed by atoms with Gasteiger partial charge in [0, 0.05) is 11.4 Å². The molecule has 2 N–H and O–H groups in total. The number of hydrogen-bond donors (Lipinski definition) is 2. The average molecular weight is 325 g/mol. The summed E-state index contributed by atoms with van der Waals surface area (Å²) in [6, 6.07) is 9.75. The van der Waals surface area contributed by atoms with Crippen LogP contribution in [0.15, 0.2) is 40.6 Å². The van der Waals surface area contributed by atoms with Gasteiger partial charge in [-0.3, -0.25) is 0 Å². The third kappa shape index (κ3) is 4.13. The number of carboxylic acids is 1. The van der Waals surface area contributed by atoms with Crippen LogP contribution < -0.4 is 4.72 Å². The van der Waals surface area contributed by atoms with Crippen LogP contribution in [0.2, 0.25) is 0 Å². The molecule has 21 heavy (non-hydrogen) atoms. The van der Waals surface area contributed by atoms with Gasteiger partial charge in [0.05, 0.1) is 5.56 Å². The molecule has 0 saturated heterocycles. The fourth-order valence-electron chi connectivity index (χ4n) is 1.77. The first-order valence-corrected chi connectivity index (χ1v) is 8.57. The van der Waals surface area contributed by atoms with Gasteiger partial charge in [-0.05, 0) is 43.2 Å². The lowest BCUT2D eigenvalue weighted by molar-refractivity contribution is 0.0697. The van der Waals surface area contributed by atoms with E-state index in [-0.39, 0.29) is 12.1 Å². The summed E-state index contributed by atoms with van der Waals surface area (Å²) in [7, 11) is -3.46. The van der Waals surface area contributed by atoms with Crippen molar-refractivity contribution < 1.29 is 18.3 Å². The SMILES string of the molecule is Cc1ccc(S(=O)(=O)NCCc2ccc(C(=O)O)cc2)s1. The van der Waals surface area contributed by atoms with Crippen LogP contribution in [0.5, 0.6) is 0 Å². The van der Waals surface area contributed by atoms with E-state index in [1.165, 1.54) is 23.5 Å². The quantitative estimate of drug-likeness (QED) is 0.853. The van der Waals surface area contributed by atoms with Crippen molar-refractivity contribution in [2.24, 2.45) is 0 Å².